The molecule has 2 aromatic rings. The fraction of sp³-hybridized carbons (Fsp3) is 0.417. The first kappa shape index (κ1) is 11.4. The van der Waals surface area contributed by atoms with E-state index >= 15 is 0 Å². The minimum atomic E-state index is 0.884. The van der Waals surface area contributed by atoms with E-state index in [4.69, 9.17) is 0 Å². The fourth-order valence-electron chi connectivity index (χ4n) is 1.62. The van der Waals surface area contributed by atoms with Gasteiger partial charge in [0.25, 0.3) is 0 Å². The van der Waals surface area contributed by atoms with Gasteiger partial charge in [0.1, 0.15) is 0 Å². The summed E-state index contributed by atoms with van der Waals surface area (Å²) in [6.45, 7) is 6.07. The predicted molar refractivity (Wildman–Crippen MR) is 67.5 cm³/mol. The molecule has 2 rings (SSSR count). The molecule has 0 spiro atoms. The van der Waals surface area contributed by atoms with Crippen molar-refractivity contribution in [1.82, 2.24) is 15.1 Å². The van der Waals surface area contributed by atoms with Crippen molar-refractivity contribution >= 4 is 11.3 Å². The van der Waals surface area contributed by atoms with Crippen molar-refractivity contribution in [3.8, 4) is 0 Å². The van der Waals surface area contributed by atoms with Crippen LogP contribution in [-0.2, 0) is 20.1 Å². The quantitative estimate of drug-likeness (QED) is 0.882. The zero-order chi connectivity index (χ0) is 11.5. The number of nitrogens with one attached hydrogen (secondary N) is 1. The molecule has 0 saturated carbocycles. The van der Waals surface area contributed by atoms with Crippen LogP contribution in [0.5, 0.6) is 0 Å². The molecule has 0 aliphatic rings. The second kappa shape index (κ2) is 4.80. The van der Waals surface area contributed by atoms with Crippen LogP contribution in [0.15, 0.2) is 17.0 Å². The lowest BCUT2D eigenvalue weighted by atomic mass is 10.2. The second-order valence-electron chi connectivity index (χ2n) is 4.06. The van der Waals surface area contributed by atoms with Gasteiger partial charge >= 0.3 is 0 Å². The molecule has 0 amide bonds. The first-order valence-corrected chi connectivity index (χ1v) is 6.32. The summed E-state index contributed by atoms with van der Waals surface area (Å²) in [5.41, 5.74) is 5.27. The SMILES string of the molecule is Cc1cscc1CNCc1cnn(C)c1C. The van der Waals surface area contributed by atoms with Gasteiger partial charge in [0.2, 0.25) is 0 Å². The third kappa shape index (κ3) is 2.33. The van der Waals surface area contributed by atoms with Gasteiger partial charge in [-0.2, -0.15) is 16.4 Å². The highest BCUT2D eigenvalue weighted by molar-refractivity contribution is 7.08. The van der Waals surface area contributed by atoms with E-state index in [2.05, 4.69) is 35.0 Å². The molecule has 0 saturated heterocycles. The third-order valence-corrected chi connectivity index (χ3v) is 3.84. The van der Waals surface area contributed by atoms with E-state index in [1.54, 1.807) is 11.3 Å². The Labute approximate surface area is 100 Å². The Morgan fingerprint density at radius 2 is 2.00 bits per heavy atom. The molecule has 0 radical (unpaired) electrons. The van der Waals surface area contributed by atoms with Crippen LogP contribution < -0.4 is 5.32 Å². The Kier molecular flexibility index (Phi) is 3.41. The third-order valence-electron chi connectivity index (χ3n) is 2.93. The number of hydrogen-bond donors (Lipinski definition) is 1. The van der Waals surface area contributed by atoms with E-state index in [-0.39, 0.29) is 0 Å². The van der Waals surface area contributed by atoms with Gasteiger partial charge < -0.3 is 5.32 Å². The van der Waals surface area contributed by atoms with Crippen LogP contribution in [0.25, 0.3) is 0 Å². The van der Waals surface area contributed by atoms with Gasteiger partial charge in [-0.3, -0.25) is 4.68 Å². The highest BCUT2D eigenvalue weighted by Gasteiger charge is 2.03. The van der Waals surface area contributed by atoms with E-state index in [1.807, 2.05) is 17.9 Å². The van der Waals surface area contributed by atoms with Gasteiger partial charge in [-0.05, 0) is 35.7 Å². The van der Waals surface area contributed by atoms with Crippen LogP contribution in [0.1, 0.15) is 22.4 Å². The average molecular weight is 235 g/mol. The average Bonchev–Trinajstić information content (AvgIpc) is 2.80. The molecule has 0 aliphatic heterocycles. The van der Waals surface area contributed by atoms with Crippen molar-refractivity contribution in [3.05, 3.63) is 39.3 Å². The Bertz CT molecular complexity index is 470. The molecule has 0 unspecified atom stereocenters. The fourth-order valence-corrected chi connectivity index (χ4v) is 2.47. The summed E-state index contributed by atoms with van der Waals surface area (Å²) in [5.74, 6) is 0. The number of hydrogen-bond acceptors (Lipinski definition) is 3. The molecule has 0 atom stereocenters. The topological polar surface area (TPSA) is 29.9 Å². The summed E-state index contributed by atoms with van der Waals surface area (Å²) in [5, 5.41) is 12.1. The maximum absolute atomic E-state index is 4.23. The Morgan fingerprint density at radius 3 is 2.56 bits per heavy atom. The molecule has 0 aliphatic carbocycles. The first-order valence-electron chi connectivity index (χ1n) is 5.38. The van der Waals surface area contributed by atoms with Gasteiger partial charge in [-0.15, -0.1) is 0 Å². The van der Waals surface area contributed by atoms with E-state index < -0.39 is 0 Å². The summed E-state index contributed by atoms with van der Waals surface area (Å²) in [7, 11) is 1.97. The smallest absolute Gasteiger partial charge is 0.0537 e. The van der Waals surface area contributed by atoms with Crippen LogP contribution >= 0.6 is 11.3 Å². The van der Waals surface area contributed by atoms with Crippen molar-refractivity contribution in [1.29, 1.82) is 0 Å². The molecular formula is C12H17N3S. The van der Waals surface area contributed by atoms with E-state index in [9.17, 15) is 0 Å². The van der Waals surface area contributed by atoms with Gasteiger partial charge in [-0.1, -0.05) is 0 Å². The van der Waals surface area contributed by atoms with Crippen LogP contribution in [0.3, 0.4) is 0 Å². The van der Waals surface area contributed by atoms with Crippen LogP contribution in [0, 0.1) is 13.8 Å². The highest BCUT2D eigenvalue weighted by atomic mass is 32.1. The van der Waals surface area contributed by atoms with Crippen LogP contribution in [0.4, 0.5) is 0 Å². The zero-order valence-corrected chi connectivity index (χ0v) is 10.8. The van der Waals surface area contributed by atoms with Crippen molar-refractivity contribution in [2.75, 3.05) is 0 Å². The lowest BCUT2D eigenvalue weighted by Crippen LogP contribution is -2.13. The van der Waals surface area contributed by atoms with Crippen molar-refractivity contribution in [3.63, 3.8) is 0 Å². The Morgan fingerprint density at radius 1 is 1.25 bits per heavy atom. The lowest BCUT2D eigenvalue weighted by Gasteiger charge is -2.04. The molecule has 0 aromatic carbocycles. The summed E-state index contributed by atoms with van der Waals surface area (Å²) < 4.78 is 1.91. The van der Waals surface area contributed by atoms with Crippen LogP contribution in [0.2, 0.25) is 0 Å². The number of aromatic nitrogens is 2. The van der Waals surface area contributed by atoms with E-state index in [0.29, 0.717) is 0 Å². The van der Waals surface area contributed by atoms with Crippen LogP contribution in [-0.4, -0.2) is 9.78 Å². The predicted octanol–water partition coefficient (Wildman–Crippen LogP) is 2.39. The minimum absolute atomic E-state index is 0.884. The Hall–Kier alpha value is -1.13. The minimum Gasteiger partial charge on any atom is -0.308 e. The summed E-state index contributed by atoms with van der Waals surface area (Å²) in [4.78, 5) is 0. The van der Waals surface area contributed by atoms with E-state index in [0.717, 1.165) is 13.1 Å². The zero-order valence-electron chi connectivity index (χ0n) is 9.95. The number of rotatable bonds is 4. The molecule has 1 N–H and O–H groups in total. The summed E-state index contributed by atoms with van der Waals surface area (Å²) in [6.07, 6.45) is 1.93. The number of aryl methyl sites for hydroxylation is 2. The Balaban J connectivity index is 1.89. The monoisotopic (exact) mass is 235 g/mol. The summed E-state index contributed by atoms with van der Waals surface area (Å²) >= 11 is 1.76. The molecule has 2 aromatic heterocycles. The largest absolute Gasteiger partial charge is 0.308 e. The van der Waals surface area contributed by atoms with Crippen molar-refractivity contribution < 1.29 is 0 Å². The van der Waals surface area contributed by atoms with E-state index in [1.165, 1.54) is 22.4 Å². The first-order chi connectivity index (χ1) is 7.68. The van der Waals surface area contributed by atoms with Gasteiger partial charge in [-0.25, -0.2) is 0 Å². The molecule has 16 heavy (non-hydrogen) atoms. The van der Waals surface area contributed by atoms with Crippen molar-refractivity contribution in [2.24, 2.45) is 7.05 Å². The maximum atomic E-state index is 4.23. The number of nitrogens with zero attached hydrogens (tertiary/aromatic N) is 2. The van der Waals surface area contributed by atoms with Gasteiger partial charge in [0.15, 0.2) is 0 Å². The molecule has 4 heteroatoms. The lowest BCUT2D eigenvalue weighted by molar-refractivity contribution is 0.684. The molecule has 86 valence electrons. The molecular weight excluding hydrogens is 218 g/mol. The standard InChI is InChI=1S/C12H17N3S/c1-9-7-16-8-12(9)5-13-4-11-6-14-15(3)10(11)2/h6-8,13H,4-5H2,1-3H3. The molecule has 2 heterocycles. The van der Waals surface area contributed by atoms with Gasteiger partial charge in [0, 0.05) is 31.4 Å². The van der Waals surface area contributed by atoms with Gasteiger partial charge in [0.05, 0.1) is 6.20 Å². The highest BCUT2D eigenvalue weighted by Crippen LogP contribution is 2.13. The maximum Gasteiger partial charge on any atom is 0.0537 e. The normalized spacial score (nSPS) is 10.9. The van der Waals surface area contributed by atoms with Crippen molar-refractivity contribution in [2.45, 2.75) is 26.9 Å². The summed E-state index contributed by atoms with van der Waals surface area (Å²) in [6, 6.07) is 0. The molecule has 0 fully saturated rings. The molecule has 3 nitrogen and oxygen atoms in total. The number of thiophene rings is 1. The molecule has 0 bridgehead atoms. The second-order valence-corrected chi connectivity index (χ2v) is 4.81.